The quantitative estimate of drug-likeness (QED) is 0.0126. The number of rotatable bonds is 59. The van der Waals surface area contributed by atoms with E-state index in [1.165, 1.54) is 30.6 Å². The lowest BCUT2D eigenvalue weighted by atomic mass is 10.3. The molecule has 0 rings (SSSR count). The molecule has 0 saturated heterocycles. The highest BCUT2D eigenvalue weighted by Crippen LogP contribution is 2.21. The Morgan fingerprint density at radius 2 is 0.488 bits per heavy atom. The molecule has 0 saturated carbocycles. The SMILES string of the molecule is CCOC(=O)CN(CCN(CC(=O)O)CC(=O)OCC)CCN(CC(=O)O)CC(=O)OCC.CCOC(=O)CN(CCN(CC(=O)OCC)C(=O)C(F)(F)F)CCN(CC(=O)OCC)C(=O)C(F)(F)F.CCOC(=O)CNCCN(CCNCC(=O)OCC)CC(=O)OCC.NCCNCCN.O=C(NCCNCCNC(=O)C(F)(F)F)C(F)(F)F. The molecule has 0 aromatic heterocycles. The maximum atomic E-state index is 13.0. The van der Waals surface area contributed by atoms with Gasteiger partial charge in [-0.3, -0.25) is 96.4 Å². The summed E-state index contributed by atoms with van der Waals surface area (Å²) in [6.07, 6.45) is -20.6. The molecule has 0 aromatic rings. The minimum Gasteiger partial charge on any atom is -0.480 e. The molecule has 0 heterocycles. The van der Waals surface area contributed by atoms with Crippen molar-refractivity contribution in [2.45, 2.75) is 87.0 Å². The van der Waals surface area contributed by atoms with E-state index in [1.54, 1.807) is 57.1 Å². The first-order valence-electron chi connectivity index (χ1n) is 37.8. The number of carboxylic acid groups (broad SMARTS) is 2. The summed E-state index contributed by atoms with van der Waals surface area (Å²) in [5, 5.41) is 32.7. The molecule has 4 amide bonds. The molecule has 0 spiro atoms. The number of carbonyl (C=O) groups is 15. The van der Waals surface area contributed by atoms with E-state index < -0.39 is 155 Å². The van der Waals surface area contributed by atoms with Crippen LogP contribution in [-0.4, -0.2) is 421 Å². The molecule has 0 atom stereocenters. The van der Waals surface area contributed by atoms with Crippen molar-refractivity contribution in [1.82, 2.24) is 66.2 Å². The van der Waals surface area contributed by atoms with Gasteiger partial charge in [0.15, 0.2) is 0 Å². The van der Waals surface area contributed by atoms with Crippen LogP contribution in [0.4, 0.5) is 52.7 Å². The van der Waals surface area contributed by atoms with E-state index >= 15 is 0 Å². The fraction of sp³-hybridized carbons (Fsp3) is 0.779. The fourth-order valence-electron chi connectivity index (χ4n) is 8.71. The summed E-state index contributed by atoms with van der Waals surface area (Å²) in [5.41, 5.74) is 10.3. The Morgan fingerprint density at radius 3 is 0.727 bits per heavy atom. The van der Waals surface area contributed by atoms with Crippen LogP contribution in [0.15, 0.2) is 0 Å². The van der Waals surface area contributed by atoms with Crippen LogP contribution in [0.2, 0.25) is 0 Å². The van der Waals surface area contributed by atoms with Crippen LogP contribution in [-0.2, 0) is 115 Å². The van der Waals surface area contributed by atoms with Gasteiger partial charge in [-0.2, -0.15) is 52.7 Å². The standard InChI is InChI=1S/C20H29F6N3O8.C20H35N3O10.C16H31N3O6.C8H11F6N3O2.C4H13N3/c1-4-35-14(30)11-27(7-9-28(12-15(31)36-5-2)17(33)19(21,22)23)8-10-29(13-16(32)37-6-3)18(34)20(24,25)26;1-4-31-18(28)13-21(7-9-22(11-16(24)25)14-19(29)32-5-2)8-10-23(12-17(26)27)15-20(30)33-6-3;1-4-23-14(20)11-17-7-9-19(13-16(22)25-6-3)10-8-18-12-15(21)24-5-2;9-7(10,11)5(18)16-3-1-15-2-4-17-6(19)8(12,13)14;5-1-3-7-4-2-6/h4-13H2,1-3H3;4-15H2,1-3H3,(H,24,25)(H,26,27);17-18H,4-13H2,1-3H3;15H,1-4H2,(H,16,18)(H,17,19);7H,1-6H2. The lowest BCUT2D eigenvalue weighted by Crippen LogP contribution is -2.50. The number of hydrogen-bond acceptors (Lipinski definition) is 35. The Labute approximate surface area is 692 Å². The second kappa shape index (κ2) is 72.4. The van der Waals surface area contributed by atoms with Crippen LogP contribution in [0.3, 0.4) is 0 Å². The third-order valence-electron chi connectivity index (χ3n) is 13.8. The average molecular weight is 1790 g/mol. The molecule has 0 aliphatic rings. The third kappa shape index (κ3) is 73.2. The number of nitrogens with two attached hydrogens (primary N) is 2. The largest absolute Gasteiger partial charge is 0.480 e. The molecule has 12 N–H and O–H groups in total. The molecule has 0 unspecified atom stereocenters. The zero-order chi connectivity index (χ0) is 93.6. The van der Waals surface area contributed by atoms with Crippen molar-refractivity contribution < 1.29 is 177 Å². The van der Waals surface area contributed by atoms with Crippen molar-refractivity contribution in [3.8, 4) is 0 Å². The predicted molar refractivity (Wildman–Crippen MR) is 400 cm³/mol. The van der Waals surface area contributed by atoms with Crippen LogP contribution in [0.5, 0.6) is 0 Å². The molecule has 53 heteroatoms. The van der Waals surface area contributed by atoms with E-state index in [0.29, 0.717) is 59.1 Å². The van der Waals surface area contributed by atoms with Gasteiger partial charge in [0.05, 0.1) is 118 Å². The molecule has 0 aliphatic heterocycles. The number of nitrogens with zero attached hydrogens (tertiary/aromatic N) is 7. The molecule has 0 fully saturated rings. The van der Waals surface area contributed by atoms with E-state index in [0.717, 1.165) is 18.0 Å². The minimum atomic E-state index is -5.35. The van der Waals surface area contributed by atoms with Gasteiger partial charge in [0.1, 0.15) is 13.1 Å². The van der Waals surface area contributed by atoms with Gasteiger partial charge < -0.3 is 106 Å². The lowest BCUT2D eigenvalue weighted by Gasteiger charge is -2.29. The Bertz CT molecular complexity index is 2820. The number of hydrogen-bond donors (Lipinski definition) is 10. The van der Waals surface area contributed by atoms with Crippen molar-refractivity contribution in [2.24, 2.45) is 11.5 Å². The topological polar surface area (TPSA) is 526 Å². The van der Waals surface area contributed by atoms with Gasteiger partial charge in [0.25, 0.3) is 0 Å². The minimum absolute atomic E-state index is 0.0797. The summed E-state index contributed by atoms with van der Waals surface area (Å²) >= 11 is 0. The van der Waals surface area contributed by atoms with Crippen molar-refractivity contribution >= 4 is 89.3 Å². The van der Waals surface area contributed by atoms with Crippen LogP contribution < -0.4 is 43.4 Å². The van der Waals surface area contributed by atoms with E-state index in [2.05, 4.69) is 30.7 Å². The second-order valence-electron chi connectivity index (χ2n) is 23.7. The van der Waals surface area contributed by atoms with Crippen LogP contribution in [0.25, 0.3) is 0 Å². The number of halogens is 12. The first kappa shape index (κ1) is 120. The summed E-state index contributed by atoms with van der Waals surface area (Å²) in [4.78, 5) is 179. The highest BCUT2D eigenvalue weighted by atomic mass is 19.4. The van der Waals surface area contributed by atoms with Crippen molar-refractivity contribution in [3.63, 3.8) is 0 Å². The van der Waals surface area contributed by atoms with Gasteiger partial charge >= 0.3 is 114 Å². The molecule has 0 radical (unpaired) electrons. The maximum absolute atomic E-state index is 13.0. The number of esters is 9. The monoisotopic (exact) mass is 1790 g/mol. The van der Waals surface area contributed by atoms with E-state index in [-0.39, 0.29) is 159 Å². The summed E-state index contributed by atoms with van der Waals surface area (Å²) in [5.74, 6) is -17.0. The first-order valence-corrected chi connectivity index (χ1v) is 37.8. The highest BCUT2D eigenvalue weighted by molar-refractivity contribution is 5.87. The highest BCUT2D eigenvalue weighted by Gasteiger charge is 2.45. The number of carboxylic acids is 2. The molecule has 706 valence electrons. The zero-order valence-corrected chi connectivity index (χ0v) is 69.3. The van der Waals surface area contributed by atoms with E-state index in [4.69, 9.17) is 54.8 Å². The number of carbonyl (C=O) groups excluding carboxylic acids is 13. The second-order valence-corrected chi connectivity index (χ2v) is 23.7. The first-order chi connectivity index (χ1) is 56.7. The number of nitrogens with one attached hydrogen (secondary N) is 6. The van der Waals surface area contributed by atoms with Gasteiger partial charge in [-0.1, -0.05) is 0 Å². The Kier molecular flexibility index (Phi) is 72.0. The number of aliphatic carboxylic acids is 2. The fourth-order valence-corrected chi connectivity index (χ4v) is 8.71. The van der Waals surface area contributed by atoms with Gasteiger partial charge in [-0.15, -0.1) is 0 Å². The van der Waals surface area contributed by atoms with Gasteiger partial charge in [-0.05, 0) is 62.3 Å². The van der Waals surface area contributed by atoms with Gasteiger partial charge in [-0.25, -0.2) is 0 Å². The van der Waals surface area contributed by atoms with Crippen LogP contribution in [0, 0.1) is 0 Å². The third-order valence-corrected chi connectivity index (χ3v) is 13.8. The summed E-state index contributed by atoms with van der Waals surface area (Å²) < 4.78 is 191. The number of alkyl halides is 12. The molecule has 0 aliphatic carbocycles. The molecule has 0 bridgehead atoms. The summed E-state index contributed by atoms with van der Waals surface area (Å²) in [6, 6.07) is 0. The van der Waals surface area contributed by atoms with Crippen molar-refractivity contribution in [2.75, 3.05) is 262 Å². The van der Waals surface area contributed by atoms with Gasteiger partial charge in [0, 0.05) is 131 Å². The normalized spacial score (nSPS) is 11.2. The van der Waals surface area contributed by atoms with Crippen molar-refractivity contribution in [1.29, 1.82) is 0 Å². The maximum Gasteiger partial charge on any atom is 0.471 e. The Hall–Kier alpha value is -9.23. The molecular weight excluding hydrogens is 1670 g/mol. The zero-order valence-electron chi connectivity index (χ0n) is 69.3. The average Bonchev–Trinajstić information content (AvgIpc) is 0.856. The smallest absolute Gasteiger partial charge is 0.471 e. The lowest BCUT2D eigenvalue weighted by molar-refractivity contribution is -0.187. The molecule has 41 nitrogen and oxygen atoms in total. The molecule has 121 heavy (non-hydrogen) atoms. The van der Waals surface area contributed by atoms with Crippen LogP contribution >= 0.6 is 0 Å². The van der Waals surface area contributed by atoms with E-state index in [9.17, 15) is 125 Å². The molecule has 0 aromatic carbocycles. The van der Waals surface area contributed by atoms with Crippen LogP contribution in [0.1, 0.15) is 62.3 Å². The Morgan fingerprint density at radius 1 is 0.264 bits per heavy atom. The van der Waals surface area contributed by atoms with Gasteiger partial charge in [0.2, 0.25) is 0 Å². The van der Waals surface area contributed by atoms with E-state index in [1.807, 2.05) is 4.90 Å². The molecular formula is C68H119F12N15O26. The predicted octanol–water partition coefficient (Wildman–Crippen LogP) is -2.91. The Balaban J connectivity index is -0.000000492. The number of ether oxygens (including phenoxy) is 9. The summed E-state index contributed by atoms with van der Waals surface area (Å²) in [6.45, 7) is 14.1. The number of amides is 4. The van der Waals surface area contributed by atoms with Crippen molar-refractivity contribution in [3.05, 3.63) is 0 Å². The summed E-state index contributed by atoms with van der Waals surface area (Å²) in [7, 11) is 0.